The van der Waals surface area contributed by atoms with Gasteiger partial charge in [0.15, 0.2) is 0 Å². The Bertz CT molecular complexity index is 652. The zero-order valence-corrected chi connectivity index (χ0v) is 12.9. The fourth-order valence-corrected chi connectivity index (χ4v) is 2.80. The van der Waals surface area contributed by atoms with Gasteiger partial charge >= 0.3 is 0 Å². The van der Waals surface area contributed by atoms with Gasteiger partial charge in [0.1, 0.15) is 5.76 Å². The van der Waals surface area contributed by atoms with Crippen molar-refractivity contribution in [2.24, 2.45) is 5.92 Å². The molecule has 2 amide bonds. The van der Waals surface area contributed by atoms with Gasteiger partial charge in [-0.05, 0) is 24.1 Å². The summed E-state index contributed by atoms with van der Waals surface area (Å²) in [4.78, 5) is 26.0. The van der Waals surface area contributed by atoms with E-state index in [1.807, 2.05) is 36.4 Å². The summed E-state index contributed by atoms with van der Waals surface area (Å²) in [5.74, 6) is 0.410. The summed E-state index contributed by atoms with van der Waals surface area (Å²) >= 11 is 0. The van der Waals surface area contributed by atoms with E-state index in [0.29, 0.717) is 31.8 Å². The summed E-state index contributed by atoms with van der Waals surface area (Å²) in [5, 5.41) is 2.83. The van der Waals surface area contributed by atoms with Crippen LogP contribution in [0.3, 0.4) is 0 Å². The van der Waals surface area contributed by atoms with Gasteiger partial charge in [0, 0.05) is 19.5 Å². The molecule has 1 N–H and O–H groups in total. The molecule has 3 rings (SSSR count). The molecule has 1 aromatic carbocycles. The molecular weight excluding hydrogens is 292 g/mol. The maximum atomic E-state index is 12.2. The lowest BCUT2D eigenvalue weighted by molar-refractivity contribution is -0.129. The summed E-state index contributed by atoms with van der Waals surface area (Å²) < 4.78 is 5.18. The monoisotopic (exact) mass is 312 g/mol. The Kier molecular flexibility index (Phi) is 4.76. The van der Waals surface area contributed by atoms with E-state index in [9.17, 15) is 9.59 Å². The molecule has 1 fully saturated rings. The van der Waals surface area contributed by atoms with E-state index >= 15 is 0 Å². The molecule has 0 aliphatic carbocycles. The van der Waals surface area contributed by atoms with Crippen LogP contribution in [0.4, 0.5) is 0 Å². The number of likely N-dealkylation sites (tertiary alicyclic amines) is 1. The van der Waals surface area contributed by atoms with Gasteiger partial charge < -0.3 is 14.6 Å². The second-order valence-corrected chi connectivity index (χ2v) is 5.77. The third-order valence-electron chi connectivity index (χ3n) is 4.12. The van der Waals surface area contributed by atoms with Crippen molar-refractivity contribution in [2.75, 3.05) is 13.1 Å². The van der Waals surface area contributed by atoms with Crippen molar-refractivity contribution in [2.45, 2.75) is 19.4 Å². The highest BCUT2D eigenvalue weighted by Gasteiger charge is 2.33. The van der Waals surface area contributed by atoms with E-state index in [1.165, 1.54) is 5.56 Å². The highest BCUT2D eigenvalue weighted by molar-refractivity contribution is 5.89. The smallest absolute Gasteiger partial charge is 0.225 e. The molecule has 1 atom stereocenters. The van der Waals surface area contributed by atoms with Gasteiger partial charge in [0.05, 0.1) is 18.7 Å². The van der Waals surface area contributed by atoms with Crippen molar-refractivity contribution < 1.29 is 14.0 Å². The van der Waals surface area contributed by atoms with Crippen molar-refractivity contribution in [1.82, 2.24) is 10.2 Å². The Labute approximate surface area is 135 Å². The predicted molar refractivity (Wildman–Crippen MR) is 85.4 cm³/mol. The molecule has 1 saturated heterocycles. The molecular formula is C18H20N2O3. The molecule has 0 spiro atoms. The van der Waals surface area contributed by atoms with Crippen LogP contribution in [0.2, 0.25) is 0 Å². The number of benzene rings is 1. The van der Waals surface area contributed by atoms with Crippen LogP contribution in [-0.2, 0) is 22.6 Å². The highest BCUT2D eigenvalue weighted by atomic mass is 16.3. The maximum absolute atomic E-state index is 12.2. The van der Waals surface area contributed by atoms with Crippen molar-refractivity contribution >= 4 is 11.8 Å². The van der Waals surface area contributed by atoms with Gasteiger partial charge in [-0.25, -0.2) is 0 Å². The van der Waals surface area contributed by atoms with Crippen molar-refractivity contribution in [3.8, 4) is 0 Å². The Hall–Kier alpha value is -2.56. The van der Waals surface area contributed by atoms with Gasteiger partial charge in [0.25, 0.3) is 0 Å². The van der Waals surface area contributed by atoms with Gasteiger partial charge in [-0.1, -0.05) is 30.3 Å². The largest absolute Gasteiger partial charge is 0.467 e. The normalized spacial score (nSPS) is 17.5. The molecule has 0 unspecified atom stereocenters. The second kappa shape index (κ2) is 7.13. The first kappa shape index (κ1) is 15.3. The summed E-state index contributed by atoms with van der Waals surface area (Å²) in [5.41, 5.74) is 1.20. The lowest BCUT2D eigenvalue weighted by atomic mass is 10.1. The number of rotatable bonds is 6. The molecule has 1 aliphatic rings. The number of carbonyl (C=O) groups is 2. The van der Waals surface area contributed by atoms with Gasteiger partial charge in [-0.3, -0.25) is 9.59 Å². The fourth-order valence-electron chi connectivity index (χ4n) is 2.80. The number of hydrogen-bond acceptors (Lipinski definition) is 3. The van der Waals surface area contributed by atoms with E-state index in [1.54, 1.807) is 17.2 Å². The topological polar surface area (TPSA) is 62.6 Å². The van der Waals surface area contributed by atoms with Gasteiger partial charge in [0.2, 0.25) is 11.8 Å². The number of furan rings is 1. The van der Waals surface area contributed by atoms with E-state index in [4.69, 9.17) is 4.42 Å². The van der Waals surface area contributed by atoms with Gasteiger partial charge in [-0.2, -0.15) is 0 Å². The molecule has 1 aromatic heterocycles. The van der Waals surface area contributed by atoms with Gasteiger partial charge in [-0.15, -0.1) is 0 Å². The number of nitrogens with zero attached hydrogens (tertiary/aromatic N) is 1. The summed E-state index contributed by atoms with van der Waals surface area (Å²) in [6, 6.07) is 13.7. The Morgan fingerprint density at radius 3 is 2.78 bits per heavy atom. The number of hydrogen-bond donors (Lipinski definition) is 1. The molecule has 0 radical (unpaired) electrons. The lowest BCUT2D eigenvalue weighted by Gasteiger charge is -2.16. The predicted octanol–water partition coefficient (Wildman–Crippen LogP) is 1.99. The van der Waals surface area contributed by atoms with E-state index in [0.717, 1.165) is 6.42 Å². The average molecular weight is 312 g/mol. The number of carbonyl (C=O) groups excluding carboxylic acids is 2. The first-order chi connectivity index (χ1) is 11.2. The Morgan fingerprint density at radius 2 is 2.04 bits per heavy atom. The SMILES string of the molecule is O=C(NCc1ccco1)[C@H]1CC(=O)N(CCc2ccccc2)C1. The maximum Gasteiger partial charge on any atom is 0.225 e. The van der Waals surface area contributed by atoms with E-state index in [-0.39, 0.29) is 17.7 Å². The highest BCUT2D eigenvalue weighted by Crippen LogP contribution is 2.18. The third-order valence-corrected chi connectivity index (χ3v) is 4.12. The van der Waals surface area contributed by atoms with Crippen LogP contribution in [-0.4, -0.2) is 29.8 Å². The summed E-state index contributed by atoms with van der Waals surface area (Å²) in [7, 11) is 0. The molecule has 23 heavy (non-hydrogen) atoms. The first-order valence-electron chi connectivity index (χ1n) is 7.84. The van der Waals surface area contributed by atoms with Crippen LogP contribution in [0.25, 0.3) is 0 Å². The van der Waals surface area contributed by atoms with E-state index in [2.05, 4.69) is 5.32 Å². The van der Waals surface area contributed by atoms with Crippen LogP contribution in [0, 0.1) is 5.92 Å². The molecule has 5 heteroatoms. The molecule has 120 valence electrons. The van der Waals surface area contributed by atoms with Crippen LogP contribution >= 0.6 is 0 Å². The summed E-state index contributed by atoms with van der Waals surface area (Å²) in [6.45, 7) is 1.51. The lowest BCUT2D eigenvalue weighted by Crippen LogP contribution is -2.33. The fraction of sp³-hybridized carbons (Fsp3) is 0.333. The Morgan fingerprint density at radius 1 is 1.22 bits per heavy atom. The Balaban J connectivity index is 1.47. The van der Waals surface area contributed by atoms with Crippen LogP contribution < -0.4 is 5.32 Å². The van der Waals surface area contributed by atoms with Crippen LogP contribution in [0.15, 0.2) is 53.1 Å². The quantitative estimate of drug-likeness (QED) is 0.887. The minimum absolute atomic E-state index is 0.0547. The first-order valence-corrected chi connectivity index (χ1v) is 7.84. The third kappa shape index (κ3) is 4.00. The zero-order valence-electron chi connectivity index (χ0n) is 12.9. The molecule has 1 aliphatic heterocycles. The van der Waals surface area contributed by atoms with Crippen molar-refractivity contribution in [1.29, 1.82) is 0 Å². The minimum atomic E-state index is -0.270. The summed E-state index contributed by atoms with van der Waals surface area (Å²) in [6.07, 6.45) is 2.68. The molecule has 2 heterocycles. The molecule has 0 bridgehead atoms. The zero-order chi connectivity index (χ0) is 16.1. The van der Waals surface area contributed by atoms with E-state index < -0.39 is 0 Å². The van der Waals surface area contributed by atoms with Crippen molar-refractivity contribution in [3.63, 3.8) is 0 Å². The second-order valence-electron chi connectivity index (χ2n) is 5.77. The molecule has 5 nitrogen and oxygen atoms in total. The molecule has 2 aromatic rings. The van der Waals surface area contributed by atoms with Crippen molar-refractivity contribution in [3.05, 3.63) is 60.1 Å². The number of amides is 2. The molecule has 0 saturated carbocycles. The number of nitrogens with one attached hydrogen (secondary N) is 1. The average Bonchev–Trinajstić information content (AvgIpc) is 3.21. The van der Waals surface area contributed by atoms with Crippen LogP contribution in [0.1, 0.15) is 17.7 Å². The standard InChI is InChI=1S/C18H20N2O3/c21-17-11-15(18(22)19-12-16-7-4-10-23-16)13-20(17)9-8-14-5-2-1-3-6-14/h1-7,10,15H,8-9,11-13H2,(H,19,22)/t15-/m0/s1. The van der Waals surface area contributed by atoms with Crippen LogP contribution in [0.5, 0.6) is 0 Å². The minimum Gasteiger partial charge on any atom is -0.467 e.